The van der Waals surface area contributed by atoms with Crippen molar-refractivity contribution in [2.24, 2.45) is 0 Å². The summed E-state index contributed by atoms with van der Waals surface area (Å²) < 4.78 is 0. The molecule has 1 aromatic carbocycles. The number of carbonyl (C=O) groups is 1. The van der Waals surface area contributed by atoms with Crippen LogP contribution in [0.4, 0.5) is 5.69 Å². The Labute approximate surface area is 135 Å². The van der Waals surface area contributed by atoms with Crippen molar-refractivity contribution < 1.29 is 4.79 Å². The fraction of sp³-hybridized carbons (Fsp3) is 0.353. The second kappa shape index (κ2) is 7.40. The highest BCUT2D eigenvalue weighted by atomic mass is 32.2. The first kappa shape index (κ1) is 16.5. The first-order valence-electron chi connectivity index (χ1n) is 7.34. The summed E-state index contributed by atoms with van der Waals surface area (Å²) in [5, 5.41) is 3.42. The van der Waals surface area contributed by atoms with Crippen LogP contribution in [-0.4, -0.2) is 21.1 Å². The number of nitrogens with zero attached hydrogens (tertiary/aromatic N) is 2. The smallest absolute Gasteiger partial charge is 0.237 e. The molecule has 1 unspecified atom stereocenters. The van der Waals surface area contributed by atoms with Crippen molar-refractivity contribution >= 4 is 23.4 Å². The number of amides is 1. The van der Waals surface area contributed by atoms with Crippen LogP contribution in [0.1, 0.15) is 30.3 Å². The Kier molecular flexibility index (Phi) is 5.55. The summed E-state index contributed by atoms with van der Waals surface area (Å²) in [4.78, 5) is 21.2. The van der Waals surface area contributed by atoms with Gasteiger partial charge in [-0.05, 0) is 51.0 Å². The molecule has 1 atom stereocenters. The van der Waals surface area contributed by atoms with Crippen LogP contribution >= 0.6 is 11.8 Å². The number of nitrogens with one attached hydrogen (secondary N) is 1. The number of hydrogen-bond acceptors (Lipinski definition) is 4. The van der Waals surface area contributed by atoms with E-state index in [0.717, 1.165) is 29.1 Å². The predicted molar refractivity (Wildman–Crippen MR) is 91.3 cm³/mol. The number of aryl methyl sites for hydroxylation is 3. The molecular weight excluding hydrogens is 294 g/mol. The van der Waals surface area contributed by atoms with E-state index in [1.165, 1.54) is 11.8 Å². The van der Waals surface area contributed by atoms with Gasteiger partial charge in [0.25, 0.3) is 0 Å². The summed E-state index contributed by atoms with van der Waals surface area (Å²) in [5.74, 6) is -0.0131. The maximum absolute atomic E-state index is 12.4. The van der Waals surface area contributed by atoms with Crippen molar-refractivity contribution in [2.45, 2.75) is 44.5 Å². The lowest BCUT2D eigenvalue weighted by Crippen LogP contribution is -2.25. The van der Waals surface area contributed by atoms with Gasteiger partial charge in [0.15, 0.2) is 5.16 Å². The highest BCUT2D eigenvalue weighted by Crippen LogP contribution is 2.24. The van der Waals surface area contributed by atoms with Crippen molar-refractivity contribution in [1.29, 1.82) is 0 Å². The second-order valence-corrected chi connectivity index (χ2v) is 6.48. The van der Waals surface area contributed by atoms with Crippen molar-refractivity contribution in [2.75, 3.05) is 5.32 Å². The lowest BCUT2D eigenvalue weighted by molar-refractivity contribution is -0.115. The van der Waals surface area contributed by atoms with Crippen molar-refractivity contribution in [3.05, 3.63) is 47.3 Å². The summed E-state index contributed by atoms with van der Waals surface area (Å²) >= 11 is 1.41. The number of rotatable bonds is 5. The fourth-order valence-corrected chi connectivity index (χ4v) is 3.12. The van der Waals surface area contributed by atoms with Crippen LogP contribution in [0, 0.1) is 20.8 Å². The Morgan fingerprint density at radius 3 is 2.45 bits per heavy atom. The summed E-state index contributed by atoms with van der Waals surface area (Å²) in [7, 11) is 0. The fourth-order valence-electron chi connectivity index (χ4n) is 2.14. The molecule has 2 rings (SSSR count). The zero-order valence-corrected chi connectivity index (χ0v) is 14.2. The summed E-state index contributed by atoms with van der Waals surface area (Å²) in [5.41, 5.74) is 3.79. The summed E-state index contributed by atoms with van der Waals surface area (Å²) in [6, 6.07) is 9.73. The number of thioether (sulfide) groups is 1. The average Bonchev–Trinajstić information content (AvgIpc) is 2.43. The molecule has 1 N–H and O–H groups in total. The SMILES string of the molecule is CCC(Sc1nc(C)cc(C)n1)C(=O)Nc1cccc(C)c1. The van der Waals surface area contributed by atoms with Gasteiger partial charge in [-0.1, -0.05) is 30.8 Å². The van der Waals surface area contributed by atoms with E-state index < -0.39 is 0 Å². The first-order chi connectivity index (χ1) is 10.5. The third kappa shape index (κ3) is 4.56. The minimum Gasteiger partial charge on any atom is -0.325 e. The molecule has 0 aliphatic carbocycles. The van der Waals surface area contributed by atoms with E-state index in [4.69, 9.17) is 0 Å². The zero-order valence-electron chi connectivity index (χ0n) is 13.4. The van der Waals surface area contributed by atoms with E-state index in [2.05, 4.69) is 15.3 Å². The molecule has 0 spiro atoms. The van der Waals surface area contributed by atoms with E-state index >= 15 is 0 Å². The minimum atomic E-state index is -0.207. The second-order valence-electron chi connectivity index (χ2n) is 5.31. The van der Waals surface area contributed by atoms with Crippen LogP contribution in [0.3, 0.4) is 0 Å². The monoisotopic (exact) mass is 315 g/mol. The van der Waals surface area contributed by atoms with Gasteiger partial charge in [0.05, 0.1) is 5.25 Å². The van der Waals surface area contributed by atoms with E-state index in [-0.39, 0.29) is 11.2 Å². The molecule has 0 bridgehead atoms. The normalized spacial score (nSPS) is 12.0. The predicted octanol–water partition coefficient (Wildman–Crippen LogP) is 3.91. The molecule has 0 fully saturated rings. The third-order valence-electron chi connectivity index (χ3n) is 3.16. The van der Waals surface area contributed by atoms with Gasteiger partial charge < -0.3 is 5.32 Å². The molecule has 1 amide bonds. The summed E-state index contributed by atoms with van der Waals surface area (Å²) in [6.45, 7) is 7.88. The molecule has 22 heavy (non-hydrogen) atoms. The molecule has 0 aliphatic rings. The number of carbonyl (C=O) groups excluding carboxylic acids is 1. The minimum absolute atomic E-state index is 0.0131. The van der Waals surface area contributed by atoms with Gasteiger partial charge in [-0.15, -0.1) is 0 Å². The van der Waals surface area contributed by atoms with Crippen LogP contribution in [-0.2, 0) is 4.79 Å². The maximum atomic E-state index is 12.4. The van der Waals surface area contributed by atoms with Crippen LogP contribution in [0.5, 0.6) is 0 Å². The van der Waals surface area contributed by atoms with Gasteiger partial charge in [0.1, 0.15) is 0 Å². The molecule has 5 heteroatoms. The lowest BCUT2D eigenvalue weighted by Gasteiger charge is -2.14. The van der Waals surface area contributed by atoms with Gasteiger partial charge in [-0.2, -0.15) is 0 Å². The standard InChI is InChI=1S/C17H21N3OS/c1-5-15(22-17-18-12(3)10-13(4)19-17)16(21)20-14-8-6-7-11(2)9-14/h6-10,15H,5H2,1-4H3,(H,20,21). The molecule has 116 valence electrons. The molecule has 1 aromatic heterocycles. The van der Waals surface area contributed by atoms with Crippen molar-refractivity contribution in [1.82, 2.24) is 9.97 Å². The van der Waals surface area contributed by atoms with Gasteiger partial charge >= 0.3 is 0 Å². The third-order valence-corrected chi connectivity index (χ3v) is 4.38. The van der Waals surface area contributed by atoms with Gasteiger partial charge in [-0.25, -0.2) is 9.97 Å². The molecule has 0 radical (unpaired) electrons. The molecule has 0 saturated heterocycles. The number of aromatic nitrogens is 2. The van der Waals surface area contributed by atoms with Crippen molar-refractivity contribution in [3.8, 4) is 0 Å². The Bertz CT molecular complexity index is 652. The number of anilines is 1. The quantitative estimate of drug-likeness (QED) is 0.671. The van der Waals surface area contributed by atoms with Gasteiger partial charge in [0.2, 0.25) is 5.91 Å². The van der Waals surface area contributed by atoms with Crippen molar-refractivity contribution in [3.63, 3.8) is 0 Å². The zero-order chi connectivity index (χ0) is 16.1. The molecule has 0 saturated carbocycles. The Morgan fingerprint density at radius 1 is 1.18 bits per heavy atom. The average molecular weight is 315 g/mol. The topological polar surface area (TPSA) is 54.9 Å². The summed E-state index contributed by atoms with van der Waals surface area (Å²) in [6.07, 6.45) is 0.721. The number of benzene rings is 1. The highest BCUT2D eigenvalue weighted by Gasteiger charge is 2.19. The van der Waals surface area contributed by atoms with Crippen LogP contribution in [0.2, 0.25) is 0 Å². The van der Waals surface area contributed by atoms with Gasteiger partial charge in [0, 0.05) is 17.1 Å². The highest BCUT2D eigenvalue weighted by molar-refractivity contribution is 8.00. The van der Waals surface area contributed by atoms with E-state index in [9.17, 15) is 4.79 Å². The lowest BCUT2D eigenvalue weighted by atomic mass is 10.2. The van der Waals surface area contributed by atoms with Crippen LogP contribution < -0.4 is 5.32 Å². The van der Waals surface area contributed by atoms with Gasteiger partial charge in [-0.3, -0.25) is 4.79 Å². The largest absolute Gasteiger partial charge is 0.325 e. The molecule has 4 nitrogen and oxygen atoms in total. The molecule has 2 aromatic rings. The number of hydrogen-bond donors (Lipinski definition) is 1. The maximum Gasteiger partial charge on any atom is 0.237 e. The van der Waals surface area contributed by atoms with Crippen LogP contribution in [0.15, 0.2) is 35.5 Å². The molecular formula is C17H21N3OS. The Hall–Kier alpha value is -1.88. The van der Waals surface area contributed by atoms with E-state index in [1.807, 2.05) is 58.0 Å². The first-order valence-corrected chi connectivity index (χ1v) is 8.22. The molecule has 0 aliphatic heterocycles. The van der Waals surface area contributed by atoms with E-state index in [0.29, 0.717) is 5.16 Å². The Morgan fingerprint density at radius 2 is 1.86 bits per heavy atom. The van der Waals surface area contributed by atoms with Crippen LogP contribution in [0.25, 0.3) is 0 Å². The molecule has 1 heterocycles. The Balaban J connectivity index is 2.08. The van der Waals surface area contributed by atoms with E-state index in [1.54, 1.807) is 0 Å².